The highest BCUT2D eigenvalue weighted by molar-refractivity contribution is 9.11. The van der Waals surface area contributed by atoms with Gasteiger partial charge in [0.1, 0.15) is 12.4 Å². The van der Waals surface area contributed by atoms with Gasteiger partial charge < -0.3 is 4.74 Å². The molecule has 0 radical (unpaired) electrons. The highest BCUT2D eigenvalue weighted by atomic mass is 79.9. The molecule has 3 rings (SSSR count). The Morgan fingerprint density at radius 2 is 1.65 bits per heavy atom. The van der Waals surface area contributed by atoms with Crippen molar-refractivity contribution in [3.05, 3.63) is 90.8 Å². The maximum Gasteiger partial charge on any atom is 0.119 e. The van der Waals surface area contributed by atoms with E-state index in [9.17, 15) is 0 Å². The van der Waals surface area contributed by atoms with Gasteiger partial charge in [-0.3, -0.25) is 4.99 Å². The van der Waals surface area contributed by atoms with Crippen molar-refractivity contribution in [2.45, 2.75) is 13.5 Å². The van der Waals surface area contributed by atoms with Gasteiger partial charge in [0.2, 0.25) is 0 Å². The molecule has 0 aliphatic carbocycles. The summed E-state index contributed by atoms with van der Waals surface area (Å²) >= 11 is 10.6. The fourth-order valence-electron chi connectivity index (χ4n) is 2.31. The van der Waals surface area contributed by atoms with Crippen molar-refractivity contribution in [2.75, 3.05) is 0 Å². The van der Waals surface area contributed by atoms with Crippen LogP contribution < -0.4 is 4.74 Å². The fraction of sp³-hybridized carbons (Fsp3) is 0.0952. The second-order valence-electron chi connectivity index (χ2n) is 5.81. The number of aliphatic imine (C=N–C) groups is 1. The Kier molecular flexibility index (Phi) is 6.68. The quantitative estimate of drug-likeness (QED) is 0.307. The Bertz CT molecular complexity index is 936. The van der Waals surface area contributed by atoms with Gasteiger partial charge in [-0.2, -0.15) is 0 Å². The summed E-state index contributed by atoms with van der Waals surface area (Å²) in [6.07, 6.45) is 1.85. The SMILES string of the molecule is Cc1ccc(N=Cc2ccc(OCc3ccc(Br)cc3Br)cc2)c(Br)c1. The van der Waals surface area contributed by atoms with E-state index in [2.05, 4.69) is 71.8 Å². The standard InChI is InChI=1S/C21H16Br3NO/c1-14-2-9-21(20(24)10-14)25-12-15-3-7-18(8-4-15)26-13-16-5-6-17(22)11-19(16)23/h2-12H,13H2,1H3. The molecule has 0 saturated heterocycles. The molecule has 0 aliphatic rings. The number of hydrogen-bond acceptors (Lipinski definition) is 2. The van der Waals surface area contributed by atoms with E-state index in [1.165, 1.54) is 5.56 Å². The topological polar surface area (TPSA) is 21.6 Å². The van der Waals surface area contributed by atoms with Gasteiger partial charge in [-0.25, -0.2) is 0 Å². The van der Waals surface area contributed by atoms with Crippen LogP contribution in [0.25, 0.3) is 0 Å². The number of nitrogens with zero attached hydrogens (tertiary/aromatic N) is 1. The van der Waals surface area contributed by atoms with E-state index in [1.807, 2.05) is 54.7 Å². The van der Waals surface area contributed by atoms with Crippen LogP contribution in [0.2, 0.25) is 0 Å². The van der Waals surface area contributed by atoms with Gasteiger partial charge in [0.05, 0.1) is 5.69 Å². The monoisotopic (exact) mass is 535 g/mol. The number of aryl methyl sites for hydroxylation is 1. The van der Waals surface area contributed by atoms with Crippen LogP contribution in [0.15, 0.2) is 79.1 Å². The van der Waals surface area contributed by atoms with Crippen molar-refractivity contribution in [2.24, 2.45) is 4.99 Å². The molecule has 0 heterocycles. The number of halogens is 3. The second kappa shape index (κ2) is 8.98. The zero-order chi connectivity index (χ0) is 18.5. The molecule has 3 aromatic carbocycles. The summed E-state index contributed by atoms with van der Waals surface area (Å²) in [6.45, 7) is 2.57. The van der Waals surface area contributed by atoms with E-state index in [0.29, 0.717) is 6.61 Å². The molecule has 132 valence electrons. The zero-order valence-corrected chi connectivity index (χ0v) is 18.8. The largest absolute Gasteiger partial charge is 0.489 e. The Morgan fingerprint density at radius 1 is 0.885 bits per heavy atom. The molecule has 0 N–H and O–H groups in total. The highest BCUT2D eigenvalue weighted by Gasteiger charge is 2.02. The average Bonchev–Trinajstić information content (AvgIpc) is 2.61. The molecule has 0 spiro atoms. The van der Waals surface area contributed by atoms with Gasteiger partial charge in [0, 0.05) is 25.2 Å². The van der Waals surface area contributed by atoms with Crippen LogP contribution in [-0.4, -0.2) is 6.21 Å². The molecule has 0 atom stereocenters. The summed E-state index contributed by atoms with van der Waals surface area (Å²) < 4.78 is 8.93. The predicted octanol–water partition coefficient (Wildman–Crippen LogP) is 7.61. The summed E-state index contributed by atoms with van der Waals surface area (Å²) in [7, 11) is 0. The van der Waals surface area contributed by atoms with Crippen LogP contribution >= 0.6 is 47.8 Å². The third kappa shape index (κ3) is 5.29. The molecule has 0 aliphatic heterocycles. The van der Waals surface area contributed by atoms with Gasteiger partial charge in [0.15, 0.2) is 0 Å². The van der Waals surface area contributed by atoms with Crippen LogP contribution in [0.3, 0.4) is 0 Å². The maximum absolute atomic E-state index is 5.87. The molecule has 0 amide bonds. The lowest BCUT2D eigenvalue weighted by molar-refractivity contribution is 0.305. The Morgan fingerprint density at radius 3 is 2.35 bits per heavy atom. The minimum Gasteiger partial charge on any atom is -0.489 e. The molecule has 26 heavy (non-hydrogen) atoms. The normalized spacial score (nSPS) is 11.1. The minimum atomic E-state index is 0.512. The van der Waals surface area contributed by atoms with Crippen LogP contribution in [-0.2, 0) is 6.61 Å². The maximum atomic E-state index is 5.87. The van der Waals surface area contributed by atoms with Crippen LogP contribution in [0.4, 0.5) is 5.69 Å². The van der Waals surface area contributed by atoms with E-state index >= 15 is 0 Å². The molecular formula is C21H16Br3NO. The summed E-state index contributed by atoms with van der Waals surface area (Å²) in [5, 5.41) is 0. The molecular weight excluding hydrogens is 522 g/mol. The third-order valence-corrected chi connectivity index (χ3v) is 5.61. The van der Waals surface area contributed by atoms with Gasteiger partial charge in [-0.05, 0) is 82.5 Å². The number of ether oxygens (including phenoxy) is 1. The first-order chi connectivity index (χ1) is 12.5. The highest BCUT2D eigenvalue weighted by Crippen LogP contribution is 2.26. The van der Waals surface area contributed by atoms with E-state index < -0.39 is 0 Å². The first kappa shape index (κ1) is 19.3. The van der Waals surface area contributed by atoms with Crippen LogP contribution in [0.1, 0.15) is 16.7 Å². The molecule has 0 bridgehead atoms. The van der Waals surface area contributed by atoms with Crippen molar-refractivity contribution >= 4 is 59.7 Å². The molecule has 0 unspecified atom stereocenters. The van der Waals surface area contributed by atoms with Gasteiger partial charge in [-0.15, -0.1) is 0 Å². The van der Waals surface area contributed by atoms with E-state index in [1.54, 1.807) is 0 Å². The van der Waals surface area contributed by atoms with Crippen molar-refractivity contribution in [3.63, 3.8) is 0 Å². The number of hydrogen-bond donors (Lipinski definition) is 0. The molecule has 3 aromatic rings. The lowest BCUT2D eigenvalue weighted by Gasteiger charge is -2.08. The predicted molar refractivity (Wildman–Crippen MR) is 119 cm³/mol. The lowest BCUT2D eigenvalue weighted by Crippen LogP contribution is -1.96. The van der Waals surface area contributed by atoms with Crippen molar-refractivity contribution in [1.29, 1.82) is 0 Å². The first-order valence-corrected chi connectivity index (χ1v) is 10.4. The van der Waals surface area contributed by atoms with Gasteiger partial charge >= 0.3 is 0 Å². The molecule has 0 fully saturated rings. The lowest BCUT2D eigenvalue weighted by atomic mass is 10.2. The first-order valence-electron chi connectivity index (χ1n) is 7.98. The summed E-state index contributed by atoms with van der Waals surface area (Å²) in [4.78, 5) is 4.54. The second-order valence-corrected chi connectivity index (χ2v) is 8.43. The summed E-state index contributed by atoms with van der Waals surface area (Å²) in [6, 6.07) is 20.1. The van der Waals surface area contributed by atoms with E-state index in [-0.39, 0.29) is 0 Å². The van der Waals surface area contributed by atoms with Crippen LogP contribution in [0, 0.1) is 6.92 Å². The number of rotatable bonds is 5. The summed E-state index contributed by atoms with van der Waals surface area (Å²) in [5.41, 5.74) is 4.24. The minimum absolute atomic E-state index is 0.512. The van der Waals surface area contributed by atoms with E-state index in [0.717, 1.165) is 36.0 Å². The third-order valence-electron chi connectivity index (χ3n) is 3.75. The zero-order valence-electron chi connectivity index (χ0n) is 14.0. The molecule has 0 saturated carbocycles. The van der Waals surface area contributed by atoms with Crippen LogP contribution in [0.5, 0.6) is 5.75 Å². The summed E-state index contributed by atoms with van der Waals surface area (Å²) in [5.74, 6) is 0.827. The molecule has 0 aromatic heterocycles. The van der Waals surface area contributed by atoms with Gasteiger partial charge in [-0.1, -0.05) is 44.0 Å². The fourth-order valence-corrected chi connectivity index (χ4v) is 4.07. The van der Waals surface area contributed by atoms with Crippen molar-refractivity contribution in [3.8, 4) is 5.75 Å². The molecule has 5 heteroatoms. The van der Waals surface area contributed by atoms with Gasteiger partial charge in [0.25, 0.3) is 0 Å². The Labute approximate surface area is 178 Å². The van der Waals surface area contributed by atoms with E-state index in [4.69, 9.17) is 4.74 Å². The van der Waals surface area contributed by atoms with Crippen molar-refractivity contribution in [1.82, 2.24) is 0 Å². The smallest absolute Gasteiger partial charge is 0.119 e. The number of benzene rings is 3. The Balaban J connectivity index is 1.63. The van der Waals surface area contributed by atoms with Crippen molar-refractivity contribution < 1.29 is 4.74 Å². The Hall–Kier alpha value is -1.43. The average molecular weight is 538 g/mol. The molecule has 2 nitrogen and oxygen atoms in total.